The summed E-state index contributed by atoms with van der Waals surface area (Å²) in [5.74, 6) is 1.05. The molecule has 1 fully saturated rings. The van der Waals surface area contributed by atoms with Gasteiger partial charge in [0.05, 0.1) is 11.1 Å². The van der Waals surface area contributed by atoms with Crippen molar-refractivity contribution in [2.24, 2.45) is 10.9 Å². The lowest BCUT2D eigenvalue weighted by molar-refractivity contribution is 0.0205. The predicted molar refractivity (Wildman–Crippen MR) is 139 cm³/mol. The maximum Gasteiger partial charge on any atom is 0.261 e. The summed E-state index contributed by atoms with van der Waals surface area (Å²) < 4.78 is 11.2. The van der Waals surface area contributed by atoms with Crippen molar-refractivity contribution in [3.05, 3.63) is 35.4 Å². The standard InChI is InChI=1S/C24H36N4O4.HI/c1-2-25-24(27-13-7-15-32-18-19-10-16-31-17-11-19)26-12-5-6-14-28-22(29)20-8-3-4-9-21(20)23(28)30;/h3-4,8-9,19H,2,5-7,10-18H2,1H3,(H2,25,26,27);1H. The number of nitrogens with zero attached hydrogens (tertiary/aromatic N) is 2. The molecule has 9 heteroatoms. The lowest BCUT2D eigenvalue weighted by atomic mass is 10.0. The molecule has 2 aliphatic heterocycles. The van der Waals surface area contributed by atoms with Crippen molar-refractivity contribution in [1.29, 1.82) is 0 Å². The number of halogens is 1. The van der Waals surface area contributed by atoms with E-state index in [0.717, 1.165) is 77.6 Å². The first-order chi connectivity index (χ1) is 15.7. The van der Waals surface area contributed by atoms with E-state index in [0.29, 0.717) is 30.1 Å². The van der Waals surface area contributed by atoms with Gasteiger partial charge in [-0.25, -0.2) is 0 Å². The number of unbranched alkanes of at least 4 members (excludes halogenated alkanes) is 1. The smallest absolute Gasteiger partial charge is 0.261 e. The number of amides is 2. The zero-order valence-electron chi connectivity index (χ0n) is 19.5. The second-order valence-corrected chi connectivity index (χ2v) is 8.19. The van der Waals surface area contributed by atoms with E-state index in [1.807, 2.05) is 6.92 Å². The zero-order chi connectivity index (χ0) is 22.6. The van der Waals surface area contributed by atoms with Crippen LogP contribution in [-0.2, 0) is 9.47 Å². The number of nitrogens with one attached hydrogen (secondary N) is 2. The van der Waals surface area contributed by atoms with E-state index in [2.05, 4.69) is 15.6 Å². The molecule has 0 saturated carbocycles. The summed E-state index contributed by atoms with van der Waals surface area (Å²) in [6.45, 7) is 7.96. The fraction of sp³-hybridized carbons (Fsp3) is 0.625. The van der Waals surface area contributed by atoms with Gasteiger partial charge in [-0.15, -0.1) is 24.0 Å². The van der Waals surface area contributed by atoms with E-state index >= 15 is 0 Å². The van der Waals surface area contributed by atoms with Crippen LogP contribution in [0.15, 0.2) is 29.3 Å². The molecule has 0 radical (unpaired) electrons. The number of carbonyl (C=O) groups excluding carboxylic acids is 2. The number of rotatable bonds is 12. The Hall–Kier alpha value is -1.72. The highest BCUT2D eigenvalue weighted by Crippen LogP contribution is 2.22. The van der Waals surface area contributed by atoms with Gasteiger partial charge >= 0.3 is 0 Å². The number of carbonyl (C=O) groups is 2. The molecule has 0 bridgehead atoms. The number of hydrogen-bond acceptors (Lipinski definition) is 5. The molecule has 0 aromatic heterocycles. The molecule has 1 aromatic rings. The maximum absolute atomic E-state index is 12.4. The summed E-state index contributed by atoms with van der Waals surface area (Å²) in [5, 5.41) is 6.57. The second kappa shape index (κ2) is 15.2. The molecule has 33 heavy (non-hydrogen) atoms. The Morgan fingerprint density at radius 2 is 1.79 bits per heavy atom. The maximum atomic E-state index is 12.4. The minimum Gasteiger partial charge on any atom is -0.381 e. The van der Waals surface area contributed by atoms with Crippen LogP contribution in [-0.4, -0.2) is 75.3 Å². The van der Waals surface area contributed by atoms with Crippen molar-refractivity contribution in [2.75, 3.05) is 52.6 Å². The number of benzene rings is 1. The van der Waals surface area contributed by atoms with Gasteiger partial charge < -0.3 is 20.1 Å². The van der Waals surface area contributed by atoms with Crippen LogP contribution < -0.4 is 10.6 Å². The van der Waals surface area contributed by atoms with Crippen LogP contribution in [0.25, 0.3) is 0 Å². The topological polar surface area (TPSA) is 92.3 Å². The van der Waals surface area contributed by atoms with Gasteiger partial charge in [0.25, 0.3) is 11.8 Å². The van der Waals surface area contributed by atoms with Crippen LogP contribution in [0.4, 0.5) is 0 Å². The summed E-state index contributed by atoms with van der Waals surface area (Å²) in [6.07, 6.45) is 4.67. The van der Waals surface area contributed by atoms with E-state index in [1.54, 1.807) is 24.3 Å². The minimum absolute atomic E-state index is 0. The number of aliphatic imine (C=N–C) groups is 1. The number of imide groups is 1. The van der Waals surface area contributed by atoms with Crippen molar-refractivity contribution in [2.45, 2.75) is 39.0 Å². The molecule has 2 heterocycles. The van der Waals surface area contributed by atoms with E-state index < -0.39 is 0 Å². The summed E-state index contributed by atoms with van der Waals surface area (Å²) in [6, 6.07) is 7.01. The molecule has 0 unspecified atom stereocenters. The van der Waals surface area contributed by atoms with Gasteiger partial charge in [0.1, 0.15) is 0 Å². The van der Waals surface area contributed by atoms with Gasteiger partial charge in [0, 0.05) is 52.6 Å². The molecule has 0 spiro atoms. The summed E-state index contributed by atoms with van der Waals surface area (Å²) >= 11 is 0. The number of hydrogen-bond donors (Lipinski definition) is 2. The monoisotopic (exact) mass is 572 g/mol. The molecule has 2 amide bonds. The highest BCUT2D eigenvalue weighted by atomic mass is 127. The second-order valence-electron chi connectivity index (χ2n) is 8.19. The Morgan fingerprint density at radius 1 is 1.09 bits per heavy atom. The fourth-order valence-electron chi connectivity index (χ4n) is 3.91. The van der Waals surface area contributed by atoms with E-state index in [9.17, 15) is 9.59 Å². The van der Waals surface area contributed by atoms with Crippen LogP contribution in [0.3, 0.4) is 0 Å². The van der Waals surface area contributed by atoms with Gasteiger partial charge in [-0.1, -0.05) is 12.1 Å². The van der Waals surface area contributed by atoms with Gasteiger partial charge in [0.15, 0.2) is 5.96 Å². The van der Waals surface area contributed by atoms with E-state index in [1.165, 1.54) is 4.90 Å². The third kappa shape index (κ3) is 8.53. The van der Waals surface area contributed by atoms with Crippen molar-refractivity contribution in [3.63, 3.8) is 0 Å². The average molecular weight is 572 g/mol. The molecule has 0 atom stereocenters. The van der Waals surface area contributed by atoms with Crippen LogP contribution in [0.1, 0.15) is 59.7 Å². The molecular weight excluding hydrogens is 535 g/mol. The van der Waals surface area contributed by atoms with Crippen molar-refractivity contribution >= 4 is 41.8 Å². The van der Waals surface area contributed by atoms with E-state index in [4.69, 9.17) is 9.47 Å². The van der Waals surface area contributed by atoms with Crippen molar-refractivity contribution in [3.8, 4) is 0 Å². The number of ether oxygens (including phenoxy) is 2. The van der Waals surface area contributed by atoms with Crippen molar-refractivity contribution in [1.82, 2.24) is 15.5 Å². The Kier molecular flexibility index (Phi) is 12.7. The minimum atomic E-state index is -0.188. The molecular formula is C24H37IN4O4. The molecule has 2 N–H and O–H groups in total. The first-order valence-electron chi connectivity index (χ1n) is 11.8. The molecule has 3 rings (SSSR count). The quantitative estimate of drug-likeness (QED) is 0.132. The number of guanidine groups is 1. The summed E-state index contributed by atoms with van der Waals surface area (Å²) in [4.78, 5) is 30.7. The third-order valence-corrected chi connectivity index (χ3v) is 5.73. The van der Waals surface area contributed by atoms with Gasteiger partial charge in [-0.3, -0.25) is 19.5 Å². The van der Waals surface area contributed by atoms with Gasteiger partial charge in [-0.2, -0.15) is 0 Å². The van der Waals surface area contributed by atoms with Crippen LogP contribution in [0.5, 0.6) is 0 Å². The Bertz CT molecular complexity index is 748. The molecule has 2 aliphatic rings. The highest BCUT2D eigenvalue weighted by molar-refractivity contribution is 14.0. The SMILES string of the molecule is CCNC(=NCCCOCC1CCOCC1)NCCCCN1C(=O)c2ccccc2C1=O.I. The lowest BCUT2D eigenvalue weighted by Gasteiger charge is -2.21. The Labute approximate surface area is 213 Å². The molecule has 0 aliphatic carbocycles. The average Bonchev–Trinajstić information content (AvgIpc) is 3.06. The highest BCUT2D eigenvalue weighted by Gasteiger charge is 2.34. The number of fused-ring (bicyclic) bond motifs is 1. The molecule has 8 nitrogen and oxygen atoms in total. The Balaban J connectivity index is 0.00000385. The predicted octanol–water partition coefficient (Wildman–Crippen LogP) is 3.07. The zero-order valence-corrected chi connectivity index (χ0v) is 21.8. The molecule has 184 valence electrons. The van der Waals surface area contributed by atoms with Gasteiger partial charge in [0.2, 0.25) is 0 Å². The lowest BCUT2D eigenvalue weighted by Crippen LogP contribution is -2.38. The normalized spacial score (nSPS) is 16.5. The third-order valence-electron chi connectivity index (χ3n) is 5.73. The van der Waals surface area contributed by atoms with Gasteiger partial charge in [-0.05, 0) is 57.1 Å². The van der Waals surface area contributed by atoms with E-state index in [-0.39, 0.29) is 35.8 Å². The van der Waals surface area contributed by atoms with Crippen LogP contribution >= 0.6 is 24.0 Å². The first kappa shape index (κ1) is 27.5. The summed E-state index contributed by atoms with van der Waals surface area (Å²) in [7, 11) is 0. The molecule has 1 aromatic carbocycles. The summed E-state index contributed by atoms with van der Waals surface area (Å²) in [5.41, 5.74) is 1.02. The Morgan fingerprint density at radius 3 is 2.45 bits per heavy atom. The largest absolute Gasteiger partial charge is 0.381 e. The van der Waals surface area contributed by atoms with Crippen LogP contribution in [0.2, 0.25) is 0 Å². The fourth-order valence-corrected chi connectivity index (χ4v) is 3.91. The van der Waals surface area contributed by atoms with Crippen LogP contribution in [0, 0.1) is 5.92 Å². The first-order valence-corrected chi connectivity index (χ1v) is 11.8. The molecule has 1 saturated heterocycles. The van der Waals surface area contributed by atoms with Crippen molar-refractivity contribution < 1.29 is 19.1 Å².